The van der Waals surface area contributed by atoms with Crippen LogP contribution in [0.2, 0.25) is 0 Å². The molecule has 4 heteroatoms. The molecule has 1 aliphatic carbocycles. The highest BCUT2D eigenvalue weighted by atomic mass is 16.2. The van der Waals surface area contributed by atoms with Gasteiger partial charge in [0, 0.05) is 19.0 Å². The number of amides is 2. The summed E-state index contributed by atoms with van der Waals surface area (Å²) < 4.78 is 0. The van der Waals surface area contributed by atoms with Crippen molar-refractivity contribution in [2.45, 2.75) is 38.3 Å². The third-order valence-corrected chi connectivity index (χ3v) is 4.13. The van der Waals surface area contributed by atoms with E-state index in [9.17, 15) is 9.59 Å². The number of carbonyl (C=O) groups excluding carboxylic acids is 2. The van der Waals surface area contributed by atoms with Gasteiger partial charge in [-0.25, -0.2) is 0 Å². The van der Waals surface area contributed by atoms with Crippen LogP contribution in [0.3, 0.4) is 0 Å². The molecule has 1 aliphatic heterocycles. The molecule has 0 radical (unpaired) electrons. The third-order valence-electron chi connectivity index (χ3n) is 4.13. The Morgan fingerprint density at radius 1 is 1.20 bits per heavy atom. The Bertz CT molecular complexity index is 510. The van der Waals surface area contributed by atoms with Gasteiger partial charge in [-0.05, 0) is 31.2 Å². The molecule has 1 saturated carbocycles. The van der Waals surface area contributed by atoms with Crippen LogP contribution in [-0.4, -0.2) is 29.3 Å². The van der Waals surface area contributed by atoms with Gasteiger partial charge in [-0.1, -0.05) is 30.3 Å². The van der Waals surface area contributed by atoms with Crippen molar-refractivity contribution in [3.63, 3.8) is 0 Å². The van der Waals surface area contributed by atoms with Crippen LogP contribution in [0.1, 0.15) is 37.8 Å². The van der Waals surface area contributed by atoms with Gasteiger partial charge < -0.3 is 10.2 Å². The van der Waals surface area contributed by atoms with Gasteiger partial charge in [0.15, 0.2) is 0 Å². The quantitative estimate of drug-likeness (QED) is 0.913. The van der Waals surface area contributed by atoms with E-state index in [2.05, 4.69) is 5.32 Å². The van der Waals surface area contributed by atoms with E-state index in [0.717, 1.165) is 12.1 Å². The number of carbonyl (C=O) groups is 2. The summed E-state index contributed by atoms with van der Waals surface area (Å²) in [6.45, 7) is 2.76. The molecular weight excluding hydrogens is 252 g/mol. The largest absolute Gasteiger partial charge is 0.340 e. The topological polar surface area (TPSA) is 49.4 Å². The molecule has 1 saturated heterocycles. The predicted octanol–water partition coefficient (Wildman–Crippen LogP) is 1.87. The van der Waals surface area contributed by atoms with Crippen LogP contribution in [-0.2, 0) is 9.59 Å². The zero-order valence-corrected chi connectivity index (χ0v) is 11.7. The molecular formula is C16H20N2O2. The van der Waals surface area contributed by atoms with E-state index in [1.807, 2.05) is 42.2 Å². The van der Waals surface area contributed by atoms with Gasteiger partial charge in [0.05, 0.1) is 0 Å². The lowest BCUT2D eigenvalue weighted by Crippen LogP contribution is -2.42. The number of hydrogen-bond acceptors (Lipinski definition) is 2. The normalized spacial score (nSPS) is 27.1. The molecule has 2 atom stereocenters. The number of rotatable bonds is 3. The molecule has 3 rings (SSSR count). The molecule has 2 unspecified atom stereocenters. The van der Waals surface area contributed by atoms with Gasteiger partial charge in [0.25, 0.3) is 0 Å². The summed E-state index contributed by atoms with van der Waals surface area (Å²) >= 11 is 0. The molecule has 1 aromatic carbocycles. The minimum Gasteiger partial charge on any atom is -0.340 e. The van der Waals surface area contributed by atoms with Crippen molar-refractivity contribution >= 4 is 11.8 Å². The number of nitrogens with zero attached hydrogens (tertiary/aromatic N) is 1. The van der Waals surface area contributed by atoms with Crippen LogP contribution < -0.4 is 5.32 Å². The van der Waals surface area contributed by atoms with Crippen molar-refractivity contribution in [2.24, 2.45) is 5.92 Å². The molecule has 0 aromatic heterocycles. The van der Waals surface area contributed by atoms with Crippen LogP contribution in [0.25, 0.3) is 0 Å². The van der Waals surface area contributed by atoms with Crippen molar-refractivity contribution in [1.82, 2.24) is 10.2 Å². The Labute approximate surface area is 119 Å². The van der Waals surface area contributed by atoms with Crippen LogP contribution >= 0.6 is 0 Å². The summed E-state index contributed by atoms with van der Waals surface area (Å²) in [5.74, 6) is 0.616. The zero-order valence-electron chi connectivity index (χ0n) is 11.7. The van der Waals surface area contributed by atoms with Gasteiger partial charge in [0.1, 0.15) is 6.04 Å². The van der Waals surface area contributed by atoms with Crippen molar-refractivity contribution in [1.29, 1.82) is 0 Å². The Morgan fingerprint density at radius 3 is 2.55 bits per heavy atom. The monoisotopic (exact) mass is 272 g/mol. The van der Waals surface area contributed by atoms with E-state index in [1.165, 1.54) is 12.8 Å². The van der Waals surface area contributed by atoms with Crippen LogP contribution in [0.5, 0.6) is 0 Å². The van der Waals surface area contributed by atoms with E-state index in [4.69, 9.17) is 0 Å². The second-order valence-electron chi connectivity index (χ2n) is 5.90. The van der Waals surface area contributed by atoms with E-state index < -0.39 is 6.04 Å². The molecule has 1 heterocycles. The van der Waals surface area contributed by atoms with E-state index in [0.29, 0.717) is 12.3 Å². The summed E-state index contributed by atoms with van der Waals surface area (Å²) in [4.78, 5) is 26.7. The molecule has 106 valence electrons. The first kappa shape index (κ1) is 13.2. The Balaban J connectivity index is 1.87. The highest BCUT2D eigenvalue weighted by molar-refractivity contribution is 5.91. The maximum absolute atomic E-state index is 12.8. The lowest BCUT2D eigenvalue weighted by atomic mass is 10.1. The van der Waals surface area contributed by atoms with Crippen molar-refractivity contribution in [3.05, 3.63) is 35.9 Å². The fraction of sp³-hybridized carbons (Fsp3) is 0.500. The number of nitrogens with one attached hydrogen (secondary N) is 1. The Hall–Kier alpha value is -1.84. The molecule has 4 nitrogen and oxygen atoms in total. The first-order chi connectivity index (χ1) is 9.65. The van der Waals surface area contributed by atoms with E-state index in [-0.39, 0.29) is 17.9 Å². The third kappa shape index (κ3) is 2.69. The lowest BCUT2D eigenvalue weighted by Gasteiger charge is -2.28. The molecule has 2 aliphatic rings. The van der Waals surface area contributed by atoms with Gasteiger partial charge in [-0.3, -0.25) is 9.59 Å². The lowest BCUT2D eigenvalue weighted by molar-refractivity contribution is -0.135. The first-order valence-corrected chi connectivity index (χ1v) is 7.30. The van der Waals surface area contributed by atoms with Crippen molar-refractivity contribution in [2.75, 3.05) is 6.54 Å². The van der Waals surface area contributed by atoms with Crippen molar-refractivity contribution < 1.29 is 9.59 Å². The molecule has 20 heavy (non-hydrogen) atoms. The highest BCUT2D eigenvalue weighted by Gasteiger charge is 2.37. The molecule has 2 amide bonds. The van der Waals surface area contributed by atoms with Gasteiger partial charge in [0.2, 0.25) is 11.8 Å². The Kier molecular flexibility index (Phi) is 3.47. The van der Waals surface area contributed by atoms with Gasteiger partial charge in [-0.15, -0.1) is 0 Å². The summed E-state index contributed by atoms with van der Waals surface area (Å²) in [7, 11) is 0. The second kappa shape index (κ2) is 5.27. The fourth-order valence-corrected chi connectivity index (χ4v) is 2.76. The summed E-state index contributed by atoms with van der Waals surface area (Å²) in [6.07, 6.45) is 2.80. The van der Waals surface area contributed by atoms with Crippen molar-refractivity contribution in [3.8, 4) is 0 Å². The molecule has 0 bridgehead atoms. The van der Waals surface area contributed by atoms with Gasteiger partial charge >= 0.3 is 0 Å². The predicted molar refractivity (Wildman–Crippen MR) is 75.8 cm³/mol. The first-order valence-electron chi connectivity index (χ1n) is 7.30. The molecule has 0 spiro atoms. The molecule has 1 aromatic rings. The maximum atomic E-state index is 12.8. The minimum atomic E-state index is -0.535. The average Bonchev–Trinajstić information content (AvgIpc) is 3.26. The second-order valence-corrected chi connectivity index (χ2v) is 5.90. The minimum absolute atomic E-state index is 0.0168. The smallest absolute Gasteiger partial charge is 0.250 e. The number of hydrogen-bond donors (Lipinski definition) is 1. The molecule has 1 N–H and O–H groups in total. The highest BCUT2D eigenvalue weighted by Crippen LogP contribution is 2.32. The summed E-state index contributed by atoms with van der Waals surface area (Å²) in [5.41, 5.74) is 0.862. The summed E-state index contributed by atoms with van der Waals surface area (Å²) in [6, 6.07) is 8.95. The standard InChI is InChI=1S/C16H20N2O2/c1-11-9-14(19)17-15(13-5-3-2-4-6-13)16(20)18(11)10-12-7-8-12/h2-6,11-12,15H,7-10H2,1H3,(H,17,19). The maximum Gasteiger partial charge on any atom is 0.250 e. The number of benzene rings is 1. The molecule has 2 fully saturated rings. The average molecular weight is 272 g/mol. The summed E-state index contributed by atoms with van der Waals surface area (Å²) in [5, 5.41) is 2.87. The Morgan fingerprint density at radius 2 is 1.90 bits per heavy atom. The van der Waals surface area contributed by atoms with Crippen LogP contribution in [0.4, 0.5) is 0 Å². The van der Waals surface area contributed by atoms with E-state index >= 15 is 0 Å². The van der Waals surface area contributed by atoms with Crippen LogP contribution in [0, 0.1) is 5.92 Å². The zero-order chi connectivity index (χ0) is 14.1. The SMILES string of the molecule is CC1CC(=O)NC(c2ccccc2)C(=O)N1CC1CC1. The van der Waals surface area contributed by atoms with E-state index in [1.54, 1.807) is 0 Å². The fourth-order valence-electron chi connectivity index (χ4n) is 2.76. The van der Waals surface area contributed by atoms with Crippen LogP contribution in [0.15, 0.2) is 30.3 Å². The van der Waals surface area contributed by atoms with Gasteiger partial charge in [-0.2, -0.15) is 0 Å².